The number of nitrogens with two attached hydrogens (primary N) is 1. The normalized spacial score (nSPS) is 18.9. The number of hydrogen-bond donors (Lipinski definition) is 1. The summed E-state index contributed by atoms with van der Waals surface area (Å²) < 4.78 is 5.09. The van der Waals surface area contributed by atoms with Crippen molar-refractivity contribution >= 4 is 18.3 Å². The van der Waals surface area contributed by atoms with Gasteiger partial charge in [-0.2, -0.15) is 0 Å². The Labute approximate surface area is 72.1 Å². The van der Waals surface area contributed by atoms with Gasteiger partial charge in [0.15, 0.2) is 0 Å². The van der Waals surface area contributed by atoms with E-state index in [1.807, 2.05) is 4.90 Å². The smallest absolute Gasteiger partial charge is 0.231 e. The van der Waals surface area contributed by atoms with Gasteiger partial charge in [-0.1, -0.05) is 0 Å². The molecule has 5 heteroatoms. The van der Waals surface area contributed by atoms with Gasteiger partial charge in [-0.3, -0.25) is 9.69 Å². The predicted molar refractivity (Wildman–Crippen MR) is 43.7 cm³/mol. The second-order valence-corrected chi connectivity index (χ2v) is 2.35. The van der Waals surface area contributed by atoms with Crippen molar-refractivity contribution in [2.75, 3.05) is 32.8 Å². The number of ether oxygens (including phenoxy) is 1. The van der Waals surface area contributed by atoms with Crippen LogP contribution in [0.4, 0.5) is 0 Å². The molecular formula is C6H13ClN2O2. The van der Waals surface area contributed by atoms with Gasteiger partial charge in [0.2, 0.25) is 5.91 Å². The first-order valence-electron chi connectivity index (χ1n) is 3.37. The molecule has 11 heavy (non-hydrogen) atoms. The molecule has 1 rings (SSSR count). The van der Waals surface area contributed by atoms with Gasteiger partial charge in [0.25, 0.3) is 0 Å². The van der Waals surface area contributed by atoms with Crippen LogP contribution in [0.3, 0.4) is 0 Å². The molecule has 0 aliphatic carbocycles. The second-order valence-electron chi connectivity index (χ2n) is 2.35. The Morgan fingerprint density at radius 1 is 1.45 bits per heavy atom. The minimum absolute atomic E-state index is 0. The van der Waals surface area contributed by atoms with Crippen molar-refractivity contribution in [3.63, 3.8) is 0 Å². The highest BCUT2D eigenvalue weighted by Gasteiger charge is 2.11. The van der Waals surface area contributed by atoms with Crippen molar-refractivity contribution in [1.82, 2.24) is 4.90 Å². The zero-order valence-corrected chi connectivity index (χ0v) is 7.10. The summed E-state index contributed by atoms with van der Waals surface area (Å²) in [6.07, 6.45) is 0. The molecule has 2 N–H and O–H groups in total. The number of morpholine rings is 1. The molecule has 1 aliphatic heterocycles. The molecule has 0 radical (unpaired) electrons. The highest BCUT2D eigenvalue weighted by atomic mass is 35.5. The minimum atomic E-state index is -0.262. The monoisotopic (exact) mass is 180 g/mol. The number of halogens is 1. The summed E-state index contributed by atoms with van der Waals surface area (Å²) in [4.78, 5) is 12.4. The zero-order valence-electron chi connectivity index (χ0n) is 6.28. The van der Waals surface area contributed by atoms with Crippen LogP contribution in [-0.2, 0) is 9.53 Å². The van der Waals surface area contributed by atoms with Crippen LogP contribution in [-0.4, -0.2) is 43.7 Å². The number of carbonyl (C=O) groups excluding carboxylic acids is 1. The lowest BCUT2D eigenvalue weighted by Crippen LogP contribution is -2.41. The lowest BCUT2D eigenvalue weighted by molar-refractivity contribution is -0.120. The fourth-order valence-electron chi connectivity index (χ4n) is 0.980. The summed E-state index contributed by atoms with van der Waals surface area (Å²) in [5.74, 6) is -0.262. The summed E-state index contributed by atoms with van der Waals surface area (Å²) in [5.41, 5.74) is 5.00. The molecule has 0 aromatic carbocycles. The van der Waals surface area contributed by atoms with E-state index in [0.29, 0.717) is 19.8 Å². The summed E-state index contributed by atoms with van der Waals surface area (Å²) >= 11 is 0. The molecule has 0 bridgehead atoms. The quantitative estimate of drug-likeness (QED) is 0.607. The minimum Gasteiger partial charge on any atom is -0.379 e. The van der Waals surface area contributed by atoms with Crippen LogP contribution in [0.25, 0.3) is 0 Å². The SMILES string of the molecule is Cl.NC(=O)CN1CCOCC1. The van der Waals surface area contributed by atoms with E-state index in [2.05, 4.69) is 0 Å². The van der Waals surface area contributed by atoms with Gasteiger partial charge in [-0.05, 0) is 0 Å². The van der Waals surface area contributed by atoms with Gasteiger partial charge >= 0.3 is 0 Å². The van der Waals surface area contributed by atoms with Gasteiger partial charge in [0, 0.05) is 13.1 Å². The van der Waals surface area contributed by atoms with Crippen molar-refractivity contribution in [3.05, 3.63) is 0 Å². The topological polar surface area (TPSA) is 55.6 Å². The number of amides is 1. The van der Waals surface area contributed by atoms with Crippen LogP contribution in [0.1, 0.15) is 0 Å². The lowest BCUT2D eigenvalue weighted by atomic mass is 10.4. The highest BCUT2D eigenvalue weighted by molar-refractivity contribution is 5.85. The average Bonchev–Trinajstić information content (AvgIpc) is 1.88. The molecule has 0 aromatic heterocycles. The van der Waals surface area contributed by atoms with Crippen molar-refractivity contribution in [2.24, 2.45) is 5.73 Å². The highest BCUT2D eigenvalue weighted by Crippen LogP contribution is 1.94. The molecule has 66 valence electrons. The van der Waals surface area contributed by atoms with Gasteiger partial charge in [0.05, 0.1) is 19.8 Å². The number of hydrogen-bond acceptors (Lipinski definition) is 3. The van der Waals surface area contributed by atoms with Gasteiger partial charge < -0.3 is 10.5 Å². The molecule has 0 saturated carbocycles. The molecular weight excluding hydrogens is 168 g/mol. The lowest BCUT2D eigenvalue weighted by Gasteiger charge is -2.24. The molecule has 0 spiro atoms. The fourth-order valence-corrected chi connectivity index (χ4v) is 0.980. The number of rotatable bonds is 2. The Morgan fingerprint density at radius 2 is 2.00 bits per heavy atom. The summed E-state index contributed by atoms with van der Waals surface area (Å²) in [5, 5.41) is 0. The van der Waals surface area contributed by atoms with Crippen molar-refractivity contribution in [2.45, 2.75) is 0 Å². The first-order valence-corrected chi connectivity index (χ1v) is 3.37. The Bertz CT molecular complexity index is 126. The largest absolute Gasteiger partial charge is 0.379 e. The molecule has 1 aliphatic rings. The fraction of sp³-hybridized carbons (Fsp3) is 0.833. The van der Waals surface area contributed by atoms with Crippen LogP contribution in [0.5, 0.6) is 0 Å². The Balaban J connectivity index is 0.000001000. The van der Waals surface area contributed by atoms with E-state index < -0.39 is 0 Å². The summed E-state index contributed by atoms with van der Waals surface area (Å²) in [7, 11) is 0. The molecule has 1 saturated heterocycles. The van der Waals surface area contributed by atoms with E-state index in [1.54, 1.807) is 0 Å². The van der Waals surface area contributed by atoms with Crippen molar-refractivity contribution < 1.29 is 9.53 Å². The summed E-state index contributed by atoms with van der Waals surface area (Å²) in [6.45, 7) is 3.44. The third-order valence-corrected chi connectivity index (χ3v) is 1.48. The van der Waals surface area contributed by atoms with Crippen LogP contribution in [0.2, 0.25) is 0 Å². The molecule has 1 amide bonds. The molecule has 0 aromatic rings. The Kier molecular flexibility index (Phi) is 5.19. The van der Waals surface area contributed by atoms with E-state index in [4.69, 9.17) is 10.5 Å². The van der Waals surface area contributed by atoms with E-state index in [-0.39, 0.29) is 18.3 Å². The maximum Gasteiger partial charge on any atom is 0.231 e. The van der Waals surface area contributed by atoms with Gasteiger partial charge in [-0.25, -0.2) is 0 Å². The van der Waals surface area contributed by atoms with Crippen LogP contribution >= 0.6 is 12.4 Å². The first-order chi connectivity index (χ1) is 4.79. The van der Waals surface area contributed by atoms with E-state index in [9.17, 15) is 4.79 Å². The molecule has 0 unspecified atom stereocenters. The second kappa shape index (κ2) is 5.35. The zero-order chi connectivity index (χ0) is 7.40. The van der Waals surface area contributed by atoms with Crippen LogP contribution in [0.15, 0.2) is 0 Å². The maximum absolute atomic E-state index is 10.4. The van der Waals surface area contributed by atoms with Crippen molar-refractivity contribution in [3.8, 4) is 0 Å². The standard InChI is InChI=1S/C6H12N2O2.ClH/c7-6(9)5-8-1-3-10-4-2-8;/h1-5H2,(H2,7,9);1H. The predicted octanol–water partition coefficient (Wildman–Crippen LogP) is -0.774. The Morgan fingerprint density at radius 3 is 2.45 bits per heavy atom. The molecule has 1 heterocycles. The Hall–Kier alpha value is -0.320. The van der Waals surface area contributed by atoms with Gasteiger partial charge in [-0.15, -0.1) is 12.4 Å². The molecule has 1 fully saturated rings. The van der Waals surface area contributed by atoms with Crippen LogP contribution < -0.4 is 5.73 Å². The van der Waals surface area contributed by atoms with E-state index in [1.165, 1.54) is 0 Å². The van der Waals surface area contributed by atoms with Crippen LogP contribution in [0, 0.1) is 0 Å². The first kappa shape index (κ1) is 10.7. The van der Waals surface area contributed by atoms with Crippen molar-refractivity contribution in [1.29, 1.82) is 0 Å². The number of carbonyl (C=O) groups is 1. The third kappa shape index (κ3) is 4.19. The summed E-state index contributed by atoms with van der Waals surface area (Å²) in [6, 6.07) is 0. The average molecular weight is 181 g/mol. The third-order valence-electron chi connectivity index (χ3n) is 1.48. The maximum atomic E-state index is 10.4. The number of primary amides is 1. The number of nitrogens with zero attached hydrogens (tertiary/aromatic N) is 1. The van der Waals surface area contributed by atoms with E-state index >= 15 is 0 Å². The molecule has 4 nitrogen and oxygen atoms in total. The van der Waals surface area contributed by atoms with Gasteiger partial charge in [0.1, 0.15) is 0 Å². The van der Waals surface area contributed by atoms with E-state index in [0.717, 1.165) is 13.1 Å². The molecule has 0 atom stereocenters.